The third kappa shape index (κ3) is 4.60. The summed E-state index contributed by atoms with van der Waals surface area (Å²) in [6.07, 6.45) is 9.24. The maximum absolute atomic E-state index is 12.8. The number of piperidine rings is 1. The summed E-state index contributed by atoms with van der Waals surface area (Å²) in [5.41, 5.74) is 1.57. The van der Waals surface area contributed by atoms with E-state index in [-0.39, 0.29) is 17.7 Å². The molecule has 1 N–H and O–H groups in total. The number of pyridine rings is 1. The van der Waals surface area contributed by atoms with Gasteiger partial charge in [-0.15, -0.1) is 0 Å². The van der Waals surface area contributed by atoms with Crippen LogP contribution in [0.4, 0.5) is 5.69 Å². The fraction of sp³-hybridized carbons (Fsp3) is 0.227. The second-order valence-electron chi connectivity index (χ2n) is 7.05. The number of nitrogens with zero attached hydrogens (tertiary/aromatic N) is 5. The Labute approximate surface area is 174 Å². The lowest BCUT2D eigenvalue weighted by Gasteiger charge is -2.30. The van der Waals surface area contributed by atoms with Crippen molar-refractivity contribution in [1.29, 1.82) is 0 Å². The van der Waals surface area contributed by atoms with Gasteiger partial charge in [-0.25, -0.2) is 14.6 Å². The quantitative estimate of drug-likeness (QED) is 0.662. The van der Waals surface area contributed by atoms with Gasteiger partial charge in [0.2, 0.25) is 11.8 Å². The molecule has 0 spiro atoms. The van der Waals surface area contributed by atoms with Crippen molar-refractivity contribution in [1.82, 2.24) is 24.6 Å². The van der Waals surface area contributed by atoms with Crippen LogP contribution in [0.25, 0.3) is 11.9 Å². The van der Waals surface area contributed by atoms with E-state index in [1.165, 1.54) is 17.3 Å². The van der Waals surface area contributed by atoms with Crippen molar-refractivity contribution in [3.05, 3.63) is 73.0 Å². The summed E-state index contributed by atoms with van der Waals surface area (Å²) in [5.74, 6) is 0.257. The van der Waals surface area contributed by atoms with E-state index in [1.54, 1.807) is 29.3 Å². The Morgan fingerprint density at radius 2 is 1.87 bits per heavy atom. The summed E-state index contributed by atoms with van der Waals surface area (Å²) >= 11 is 0. The zero-order chi connectivity index (χ0) is 20.8. The lowest BCUT2D eigenvalue weighted by Crippen LogP contribution is -2.40. The molecule has 30 heavy (non-hydrogen) atoms. The highest BCUT2D eigenvalue weighted by atomic mass is 16.2. The SMILES string of the molecule is O=C(Nc1cccnc1-n1cncn1)C1CCN(C(=O)/C=C/c2ccccc2)CC1. The Bertz CT molecular complexity index is 1020. The van der Waals surface area contributed by atoms with Crippen molar-refractivity contribution in [2.75, 3.05) is 18.4 Å². The van der Waals surface area contributed by atoms with E-state index in [2.05, 4.69) is 20.4 Å². The molecule has 152 valence electrons. The van der Waals surface area contributed by atoms with Crippen molar-refractivity contribution < 1.29 is 9.59 Å². The van der Waals surface area contributed by atoms with Gasteiger partial charge in [-0.05, 0) is 36.6 Å². The lowest BCUT2D eigenvalue weighted by molar-refractivity contribution is -0.130. The van der Waals surface area contributed by atoms with Crippen molar-refractivity contribution in [2.45, 2.75) is 12.8 Å². The highest BCUT2D eigenvalue weighted by Crippen LogP contribution is 2.22. The Balaban J connectivity index is 1.33. The van der Waals surface area contributed by atoms with Gasteiger partial charge in [0.25, 0.3) is 0 Å². The lowest BCUT2D eigenvalue weighted by atomic mass is 9.95. The minimum atomic E-state index is -0.157. The maximum Gasteiger partial charge on any atom is 0.246 e. The number of hydrogen-bond donors (Lipinski definition) is 1. The zero-order valence-electron chi connectivity index (χ0n) is 16.4. The van der Waals surface area contributed by atoms with Gasteiger partial charge in [-0.3, -0.25) is 9.59 Å². The molecule has 0 bridgehead atoms. The third-order valence-corrected chi connectivity index (χ3v) is 5.08. The topological polar surface area (TPSA) is 93.0 Å². The number of aromatic nitrogens is 4. The molecule has 2 amide bonds. The van der Waals surface area contributed by atoms with Crippen LogP contribution in [-0.2, 0) is 9.59 Å². The Kier molecular flexibility index (Phi) is 5.93. The number of carbonyl (C=O) groups is 2. The molecule has 8 nitrogen and oxygen atoms in total. The van der Waals surface area contributed by atoms with Crippen LogP contribution in [0.15, 0.2) is 67.4 Å². The molecule has 1 aliphatic heterocycles. The molecule has 0 unspecified atom stereocenters. The Morgan fingerprint density at radius 3 is 2.60 bits per heavy atom. The molecule has 0 atom stereocenters. The Hall–Kier alpha value is -3.81. The zero-order valence-corrected chi connectivity index (χ0v) is 16.4. The molecule has 2 aromatic heterocycles. The third-order valence-electron chi connectivity index (χ3n) is 5.08. The van der Waals surface area contributed by atoms with Crippen LogP contribution in [-0.4, -0.2) is 49.6 Å². The number of amides is 2. The molecule has 1 aromatic carbocycles. The molecule has 3 heterocycles. The number of rotatable bonds is 5. The molecule has 4 rings (SSSR count). The summed E-state index contributed by atoms with van der Waals surface area (Å²) in [4.78, 5) is 35.2. The summed E-state index contributed by atoms with van der Waals surface area (Å²) in [7, 11) is 0. The van der Waals surface area contributed by atoms with Crippen molar-refractivity contribution in [2.24, 2.45) is 5.92 Å². The number of benzene rings is 1. The van der Waals surface area contributed by atoms with Gasteiger partial charge in [-0.2, -0.15) is 5.10 Å². The first-order chi connectivity index (χ1) is 14.7. The molecular formula is C22H22N6O2. The van der Waals surface area contributed by atoms with E-state index in [1.807, 2.05) is 36.4 Å². The number of carbonyl (C=O) groups excluding carboxylic acids is 2. The van der Waals surface area contributed by atoms with Gasteiger partial charge in [0.1, 0.15) is 12.7 Å². The van der Waals surface area contributed by atoms with Gasteiger partial charge in [0.15, 0.2) is 5.82 Å². The van der Waals surface area contributed by atoms with Gasteiger partial charge >= 0.3 is 0 Å². The molecule has 3 aromatic rings. The maximum atomic E-state index is 12.8. The average Bonchev–Trinajstić information content (AvgIpc) is 3.33. The first-order valence-corrected chi connectivity index (χ1v) is 9.83. The van der Waals surface area contributed by atoms with Crippen LogP contribution in [0.1, 0.15) is 18.4 Å². The van der Waals surface area contributed by atoms with E-state index < -0.39 is 0 Å². The number of nitrogens with one attached hydrogen (secondary N) is 1. The van der Waals surface area contributed by atoms with Crippen molar-refractivity contribution >= 4 is 23.6 Å². The monoisotopic (exact) mass is 402 g/mol. The van der Waals surface area contributed by atoms with E-state index >= 15 is 0 Å². The standard InChI is InChI=1S/C22H22N6O2/c29-20(9-8-17-5-2-1-3-6-17)27-13-10-18(11-14-27)22(30)26-19-7-4-12-24-21(19)28-16-23-15-25-28/h1-9,12,15-16,18H,10-11,13-14H2,(H,26,30)/b9-8+. The minimum Gasteiger partial charge on any atom is -0.339 e. The van der Waals surface area contributed by atoms with Gasteiger partial charge in [0, 0.05) is 31.3 Å². The minimum absolute atomic E-state index is 0.0292. The molecule has 0 saturated carbocycles. The highest BCUT2D eigenvalue weighted by molar-refractivity contribution is 5.95. The molecule has 0 aliphatic carbocycles. The largest absolute Gasteiger partial charge is 0.339 e. The average molecular weight is 402 g/mol. The normalized spacial score (nSPS) is 14.7. The number of hydrogen-bond acceptors (Lipinski definition) is 5. The van der Waals surface area contributed by atoms with Crippen LogP contribution in [0.3, 0.4) is 0 Å². The fourth-order valence-corrected chi connectivity index (χ4v) is 3.43. The first-order valence-electron chi connectivity index (χ1n) is 9.83. The molecule has 1 saturated heterocycles. The molecule has 8 heteroatoms. The van der Waals surface area contributed by atoms with Gasteiger partial charge < -0.3 is 10.2 Å². The van der Waals surface area contributed by atoms with Crippen molar-refractivity contribution in [3.8, 4) is 5.82 Å². The van der Waals surface area contributed by atoms with E-state index in [4.69, 9.17) is 0 Å². The van der Waals surface area contributed by atoms with E-state index in [0.717, 1.165) is 5.56 Å². The second-order valence-corrected chi connectivity index (χ2v) is 7.05. The fourth-order valence-electron chi connectivity index (χ4n) is 3.43. The summed E-state index contributed by atoms with van der Waals surface area (Å²) in [6.45, 7) is 1.11. The summed E-state index contributed by atoms with van der Waals surface area (Å²) in [5, 5.41) is 7.03. The van der Waals surface area contributed by atoms with Crippen LogP contribution in [0.2, 0.25) is 0 Å². The van der Waals surface area contributed by atoms with Crippen LogP contribution < -0.4 is 5.32 Å². The van der Waals surface area contributed by atoms with Crippen LogP contribution in [0.5, 0.6) is 0 Å². The number of anilines is 1. The van der Waals surface area contributed by atoms with Crippen LogP contribution >= 0.6 is 0 Å². The second kappa shape index (κ2) is 9.13. The predicted octanol–water partition coefficient (Wildman–Crippen LogP) is 2.55. The van der Waals surface area contributed by atoms with E-state index in [9.17, 15) is 9.59 Å². The van der Waals surface area contributed by atoms with Crippen molar-refractivity contribution in [3.63, 3.8) is 0 Å². The number of likely N-dealkylation sites (tertiary alicyclic amines) is 1. The first kappa shape index (κ1) is 19.5. The van der Waals surface area contributed by atoms with Gasteiger partial charge in [-0.1, -0.05) is 30.3 Å². The summed E-state index contributed by atoms with van der Waals surface area (Å²) < 4.78 is 1.51. The molecule has 0 radical (unpaired) electrons. The van der Waals surface area contributed by atoms with E-state index in [0.29, 0.717) is 37.4 Å². The molecule has 1 aliphatic rings. The highest BCUT2D eigenvalue weighted by Gasteiger charge is 2.27. The predicted molar refractivity (Wildman–Crippen MR) is 113 cm³/mol. The molecule has 1 fully saturated rings. The Morgan fingerprint density at radius 1 is 1.07 bits per heavy atom. The van der Waals surface area contributed by atoms with Crippen LogP contribution in [0, 0.1) is 5.92 Å². The van der Waals surface area contributed by atoms with Gasteiger partial charge in [0.05, 0.1) is 5.69 Å². The summed E-state index contributed by atoms with van der Waals surface area (Å²) in [6, 6.07) is 13.3. The smallest absolute Gasteiger partial charge is 0.246 e. The molecular weight excluding hydrogens is 380 g/mol.